The number of unbranched alkanes of at least 4 members (excludes halogenated alkanes) is 2. The average Bonchev–Trinajstić information content (AvgIpc) is 3.18. The number of nitrogens with zero attached hydrogens (tertiary/aromatic N) is 1. The Morgan fingerprint density at radius 1 is 1.22 bits per heavy atom. The predicted molar refractivity (Wildman–Crippen MR) is 75.9 cm³/mol. The minimum Gasteiger partial charge on any atom is -0.376 e. The van der Waals surface area contributed by atoms with E-state index in [0.717, 1.165) is 19.2 Å². The molecule has 2 aliphatic rings. The average molecular weight is 254 g/mol. The second-order valence-electron chi connectivity index (χ2n) is 5.99. The number of hydrogen-bond donors (Lipinski definition) is 1. The molecule has 1 saturated heterocycles. The third-order valence-electron chi connectivity index (χ3n) is 4.18. The summed E-state index contributed by atoms with van der Waals surface area (Å²) in [6.07, 6.45) is 8.50. The lowest BCUT2D eigenvalue weighted by Gasteiger charge is -2.38. The van der Waals surface area contributed by atoms with Gasteiger partial charge in [0.25, 0.3) is 0 Å². The van der Waals surface area contributed by atoms with E-state index in [4.69, 9.17) is 4.74 Å². The van der Waals surface area contributed by atoms with Crippen LogP contribution in [0.3, 0.4) is 0 Å². The van der Waals surface area contributed by atoms with Gasteiger partial charge in [0.2, 0.25) is 0 Å². The molecule has 18 heavy (non-hydrogen) atoms. The summed E-state index contributed by atoms with van der Waals surface area (Å²) in [7, 11) is 0. The summed E-state index contributed by atoms with van der Waals surface area (Å²) in [5.74, 6) is 0. The maximum Gasteiger partial charge on any atom is 0.0674 e. The quantitative estimate of drug-likeness (QED) is 0.673. The molecule has 1 saturated carbocycles. The Morgan fingerprint density at radius 3 is 2.78 bits per heavy atom. The lowest BCUT2D eigenvalue weighted by molar-refractivity contribution is -0.0561. The highest BCUT2D eigenvalue weighted by molar-refractivity contribution is 4.80. The fourth-order valence-corrected chi connectivity index (χ4v) is 2.77. The van der Waals surface area contributed by atoms with Crippen molar-refractivity contribution < 1.29 is 4.74 Å². The maximum atomic E-state index is 5.74. The molecular formula is C15H30N2O. The molecular weight excluding hydrogens is 224 g/mol. The van der Waals surface area contributed by atoms with Crippen LogP contribution in [0.25, 0.3) is 0 Å². The lowest BCUT2D eigenvalue weighted by atomic mass is 10.1. The molecule has 3 nitrogen and oxygen atoms in total. The smallest absolute Gasteiger partial charge is 0.0674 e. The largest absolute Gasteiger partial charge is 0.376 e. The van der Waals surface area contributed by atoms with Crippen LogP contribution in [0.1, 0.15) is 52.4 Å². The molecule has 2 unspecified atom stereocenters. The van der Waals surface area contributed by atoms with Gasteiger partial charge in [0.1, 0.15) is 0 Å². The van der Waals surface area contributed by atoms with Crippen molar-refractivity contribution in [1.29, 1.82) is 0 Å². The number of hydrogen-bond acceptors (Lipinski definition) is 3. The number of morpholine rings is 1. The van der Waals surface area contributed by atoms with Gasteiger partial charge in [-0.2, -0.15) is 0 Å². The predicted octanol–water partition coefficient (Wildman–Crippen LogP) is 2.41. The zero-order valence-electron chi connectivity index (χ0n) is 12.2. The van der Waals surface area contributed by atoms with Gasteiger partial charge in [0, 0.05) is 18.6 Å². The van der Waals surface area contributed by atoms with Crippen LogP contribution in [-0.2, 0) is 4.74 Å². The van der Waals surface area contributed by atoms with E-state index in [-0.39, 0.29) is 0 Å². The minimum absolute atomic E-state index is 0.421. The Hall–Kier alpha value is -0.120. The first kappa shape index (κ1) is 14.3. The highest BCUT2D eigenvalue weighted by atomic mass is 16.5. The first-order valence-electron chi connectivity index (χ1n) is 7.88. The summed E-state index contributed by atoms with van der Waals surface area (Å²) in [5.41, 5.74) is 0. The van der Waals surface area contributed by atoms with E-state index in [1.165, 1.54) is 51.6 Å². The van der Waals surface area contributed by atoms with Crippen molar-refractivity contribution in [2.75, 3.05) is 26.2 Å². The van der Waals surface area contributed by atoms with Crippen LogP contribution >= 0.6 is 0 Å². The molecule has 0 aromatic rings. The molecule has 0 bridgehead atoms. The van der Waals surface area contributed by atoms with Gasteiger partial charge in [0.05, 0.1) is 12.7 Å². The van der Waals surface area contributed by atoms with E-state index < -0.39 is 0 Å². The Kier molecular flexibility index (Phi) is 5.93. The van der Waals surface area contributed by atoms with E-state index in [2.05, 4.69) is 24.1 Å². The van der Waals surface area contributed by atoms with Gasteiger partial charge in [-0.25, -0.2) is 0 Å². The van der Waals surface area contributed by atoms with E-state index >= 15 is 0 Å². The summed E-state index contributed by atoms with van der Waals surface area (Å²) >= 11 is 0. The fourth-order valence-electron chi connectivity index (χ4n) is 2.77. The number of ether oxygens (including phenoxy) is 1. The SMILES string of the molecule is CCC1COC(C)CN1CCCCCNC1CC1. The summed E-state index contributed by atoms with van der Waals surface area (Å²) < 4.78 is 5.74. The van der Waals surface area contributed by atoms with Crippen molar-refractivity contribution in [2.45, 2.75) is 70.6 Å². The first-order chi connectivity index (χ1) is 8.79. The Morgan fingerprint density at radius 2 is 2.06 bits per heavy atom. The molecule has 2 fully saturated rings. The second kappa shape index (κ2) is 7.46. The highest BCUT2D eigenvalue weighted by Crippen LogP contribution is 2.18. The van der Waals surface area contributed by atoms with E-state index in [9.17, 15) is 0 Å². The van der Waals surface area contributed by atoms with Crippen LogP contribution in [0.4, 0.5) is 0 Å². The number of rotatable bonds is 8. The van der Waals surface area contributed by atoms with E-state index in [1.54, 1.807) is 0 Å². The van der Waals surface area contributed by atoms with Gasteiger partial charge < -0.3 is 10.1 Å². The van der Waals surface area contributed by atoms with Crippen LogP contribution in [0.15, 0.2) is 0 Å². The molecule has 0 aromatic carbocycles. The van der Waals surface area contributed by atoms with Crippen molar-refractivity contribution in [3.05, 3.63) is 0 Å². The fraction of sp³-hybridized carbons (Fsp3) is 1.00. The van der Waals surface area contributed by atoms with Crippen molar-refractivity contribution in [1.82, 2.24) is 10.2 Å². The lowest BCUT2D eigenvalue weighted by Crippen LogP contribution is -2.48. The standard InChI is InChI=1S/C15H30N2O/c1-3-15-12-18-13(2)11-17(15)10-6-4-5-9-16-14-7-8-14/h13-16H,3-12H2,1-2H3. The van der Waals surface area contributed by atoms with Crippen molar-refractivity contribution in [3.8, 4) is 0 Å². The molecule has 1 heterocycles. The molecule has 1 aliphatic heterocycles. The molecule has 3 heteroatoms. The summed E-state index contributed by atoms with van der Waals surface area (Å²) in [5, 5.41) is 3.59. The van der Waals surface area contributed by atoms with Crippen molar-refractivity contribution >= 4 is 0 Å². The van der Waals surface area contributed by atoms with E-state index in [1.807, 2.05) is 0 Å². The summed E-state index contributed by atoms with van der Waals surface area (Å²) in [4.78, 5) is 2.64. The number of nitrogens with one attached hydrogen (secondary N) is 1. The van der Waals surface area contributed by atoms with Crippen LogP contribution < -0.4 is 5.32 Å². The van der Waals surface area contributed by atoms with Crippen LogP contribution in [0.5, 0.6) is 0 Å². The molecule has 2 rings (SSSR count). The zero-order chi connectivity index (χ0) is 12.8. The summed E-state index contributed by atoms with van der Waals surface area (Å²) in [6, 6.07) is 1.53. The van der Waals surface area contributed by atoms with Crippen LogP contribution in [0, 0.1) is 0 Å². The van der Waals surface area contributed by atoms with Crippen LogP contribution in [-0.4, -0.2) is 49.3 Å². The van der Waals surface area contributed by atoms with Gasteiger partial charge >= 0.3 is 0 Å². The van der Waals surface area contributed by atoms with E-state index in [0.29, 0.717) is 12.1 Å². The molecule has 0 aromatic heterocycles. The van der Waals surface area contributed by atoms with Gasteiger partial charge in [-0.15, -0.1) is 0 Å². The van der Waals surface area contributed by atoms with Gasteiger partial charge in [-0.3, -0.25) is 4.90 Å². The van der Waals surface area contributed by atoms with Gasteiger partial charge in [0.15, 0.2) is 0 Å². The Balaban J connectivity index is 1.52. The molecule has 1 N–H and O–H groups in total. The highest BCUT2D eigenvalue weighted by Gasteiger charge is 2.24. The summed E-state index contributed by atoms with van der Waals surface area (Å²) in [6.45, 7) is 9.01. The Labute approximate surface area is 112 Å². The molecule has 106 valence electrons. The normalized spacial score (nSPS) is 29.7. The third kappa shape index (κ3) is 4.87. The first-order valence-corrected chi connectivity index (χ1v) is 7.88. The zero-order valence-corrected chi connectivity index (χ0v) is 12.2. The monoisotopic (exact) mass is 254 g/mol. The van der Waals surface area contributed by atoms with Gasteiger partial charge in [-0.05, 0) is 52.1 Å². The Bertz CT molecular complexity index is 231. The molecule has 2 atom stereocenters. The topological polar surface area (TPSA) is 24.5 Å². The van der Waals surface area contributed by atoms with Crippen molar-refractivity contribution in [3.63, 3.8) is 0 Å². The van der Waals surface area contributed by atoms with Gasteiger partial charge in [-0.1, -0.05) is 13.3 Å². The second-order valence-corrected chi connectivity index (χ2v) is 5.99. The van der Waals surface area contributed by atoms with Crippen LogP contribution in [0.2, 0.25) is 0 Å². The third-order valence-corrected chi connectivity index (χ3v) is 4.18. The maximum absolute atomic E-state index is 5.74. The molecule has 0 amide bonds. The molecule has 1 aliphatic carbocycles. The molecule has 0 radical (unpaired) electrons. The van der Waals surface area contributed by atoms with Crippen molar-refractivity contribution in [2.24, 2.45) is 0 Å². The molecule has 0 spiro atoms. The minimum atomic E-state index is 0.421.